The van der Waals surface area contributed by atoms with Crippen LogP contribution in [-0.2, 0) is 29.3 Å². The third kappa shape index (κ3) is 9.22. The van der Waals surface area contributed by atoms with Gasteiger partial charge in [-0.2, -0.15) is 8.42 Å². The standard InChI is InChI=1S/C21H43N5O7.H2O4S/c1-4-26-13-7-12(24)16(32-19-11(23)6-5-10(8-22)31-19)14(27)17(13)33-20-15(28)18(25-3)21(2,29)9-30-20;1-5(2,3)4/h10-20,25-29H,4-9,22-24H2,1-3H3;(H2,1,2,3,4)/t10?,11?,12?,13?,14?,15?,16?,17?,18?,19?,20?,21-;/m0./s1. The highest BCUT2D eigenvalue weighted by Crippen LogP contribution is 2.32. The Balaban J connectivity index is 0.000000926. The SMILES string of the molecule is CCNC1CC(N)C(OC2OC(CN)CCC2N)C(O)C1OC1OC[C@](C)(O)C(NC)C1O.O=S(=O)(O)O. The van der Waals surface area contributed by atoms with E-state index < -0.39 is 65.1 Å². The third-order valence-corrected chi connectivity index (χ3v) is 6.97. The van der Waals surface area contributed by atoms with Crippen LogP contribution in [0, 0.1) is 0 Å². The van der Waals surface area contributed by atoms with Gasteiger partial charge in [-0.15, -0.1) is 0 Å². The molecule has 0 amide bonds. The molecule has 17 heteroatoms. The van der Waals surface area contributed by atoms with E-state index >= 15 is 0 Å². The van der Waals surface area contributed by atoms with Crippen molar-refractivity contribution in [2.24, 2.45) is 17.2 Å². The largest absolute Gasteiger partial charge is 0.394 e. The van der Waals surface area contributed by atoms with Crippen LogP contribution in [0.25, 0.3) is 0 Å². The van der Waals surface area contributed by atoms with Gasteiger partial charge in [-0.25, -0.2) is 0 Å². The lowest BCUT2D eigenvalue weighted by atomic mass is 9.83. The molecule has 0 aromatic carbocycles. The van der Waals surface area contributed by atoms with Crippen LogP contribution in [0.1, 0.15) is 33.1 Å². The highest BCUT2D eigenvalue weighted by Gasteiger charge is 2.51. The first-order valence-electron chi connectivity index (χ1n) is 12.6. The summed E-state index contributed by atoms with van der Waals surface area (Å²) in [4.78, 5) is 0. The summed E-state index contributed by atoms with van der Waals surface area (Å²) in [5.74, 6) is 0. The summed E-state index contributed by atoms with van der Waals surface area (Å²) >= 11 is 0. The zero-order valence-corrected chi connectivity index (χ0v) is 22.7. The number of rotatable bonds is 8. The van der Waals surface area contributed by atoms with Crippen LogP contribution in [0.15, 0.2) is 0 Å². The minimum Gasteiger partial charge on any atom is -0.388 e. The fraction of sp³-hybridized carbons (Fsp3) is 1.00. The topological polar surface area (TPSA) is 274 Å². The van der Waals surface area contributed by atoms with Crippen molar-refractivity contribution in [3.63, 3.8) is 0 Å². The van der Waals surface area contributed by atoms with E-state index in [-0.39, 0.29) is 24.8 Å². The van der Waals surface area contributed by atoms with Gasteiger partial charge in [0.05, 0.1) is 24.8 Å². The molecule has 38 heavy (non-hydrogen) atoms. The molecule has 0 radical (unpaired) electrons. The van der Waals surface area contributed by atoms with Gasteiger partial charge in [0.2, 0.25) is 0 Å². The molecule has 1 aliphatic carbocycles. The van der Waals surface area contributed by atoms with Crippen molar-refractivity contribution in [3.8, 4) is 0 Å². The van der Waals surface area contributed by atoms with Crippen LogP contribution in [0.3, 0.4) is 0 Å². The van der Waals surface area contributed by atoms with Gasteiger partial charge < -0.3 is 62.1 Å². The van der Waals surface area contributed by atoms with Crippen molar-refractivity contribution >= 4 is 10.4 Å². The average molecular weight is 576 g/mol. The van der Waals surface area contributed by atoms with Gasteiger partial charge in [-0.3, -0.25) is 9.11 Å². The van der Waals surface area contributed by atoms with Gasteiger partial charge in [0.15, 0.2) is 12.6 Å². The highest BCUT2D eigenvalue weighted by molar-refractivity contribution is 7.79. The Bertz CT molecular complexity index is 817. The Morgan fingerprint density at radius 3 is 2.21 bits per heavy atom. The molecule has 13 N–H and O–H groups in total. The normalized spacial score (nSPS) is 44.2. The van der Waals surface area contributed by atoms with Gasteiger partial charge in [-0.05, 0) is 39.8 Å². The fourth-order valence-corrected chi connectivity index (χ4v) is 5.11. The Morgan fingerprint density at radius 1 is 1.05 bits per heavy atom. The van der Waals surface area contributed by atoms with E-state index in [1.54, 1.807) is 14.0 Å². The Hall–Kier alpha value is -0.610. The molecule has 3 aliphatic rings. The van der Waals surface area contributed by atoms with Gasteiger partial charge in [-0.1, -0.05) is 6.92 Å². The van der Waals surface area contributed by atoms with Gasteiger partial charge in [0, 0.05) is 18.6 Å². The monoisotopic (exact) mass is 575 g/mol. The summed E-state index contributed by atoms with van der Waals surface area (Å²) in [5.41, 5.74) is 17.1. The molecular formula is C21H45N5O11S. The van der Waals surface area contributed by atoms with Gasteiger partial charge in [0.1, 0.15) is 30.0 Å². The van der Waals surface area contributed by atoms with E-state index in [4.69, 9.17) is 53.7 Å². The molecule has 2 aliphatic heterocycles. The van der Waals surface area contributed by atoms with Crippen LogP contribution in [0.4, 0.5) is 0 Å². The highest BCUT2D eigenvalue weighted by atomic mass is 32.3. The zero-order valence-electron chi connectivity index (χ0n) is 21.9. The predicted molar refractivity (Wildman–Crippen MR) is 134 cm³/mol. The first-order valence-corrected chi connectivity index (χ1v) is 14.0. The first-order chi connectivity index (χ1) is 17.6. The van der Waals surface area contributed by atoms with Crippen molar-refractivity contribution in [1.82, 2.24) is 10.6 Å². The van der Waals surface area contributed by atoms with Crippen LogP contribution < -0.4 is 27.8 Å². The molecule has 2 saturated heterocycles. The second-order valence-electron chi connectivity index (χ2n) is 10.1. The minimum absolute atomic E-state index is 0.0421. The smallest absolute Gasteiger partial charge is 0.388 e. The molecular weight excluding hydrogens is 530 g/mol. The van der Waals surface area contributed by atoms with Crippen LogP contribution in [0.2, 0.25) is 0 Å². The maximum absolute atomic E-state index is 11.3. The molecule has 12 atom stereocenters. The molecule has 226 valence electrons. The predicted octanol–water partition coefficient (Wildman–Crippen LogP) is -3.98. The van der Waals surface area contributed by atoms with E-state index in [0.717, 1.165) is 6.42 Å². The number of nitrogens with one attached hydrogen (secondary N) is 2. The lowest BCUT2D eigenvalue weighted by Gasteiger charge is -2.49. The van der Waals surface area contributed by atoms with Crippen molar-refractivity contribution in [3.05, 3.63) is 0 Å². The van der Waals surface area contributed by atoms with E-state index in [1.165, 1.54) is 0 Å². The second kappa shape index (κ2) is 14.3. The summed E-state index contributed by atoms with van der Waals surface area (Å²) in [6, 6.07) is -1.84. The van der Waals surface area contributed by atoms with Crippen molar-refractivity contribution in [1.29, 1.82) is 0 Å². The zero-order chi connectivity index (χ0) is 28.8. The summed E-state index contributed by atoms with van der Waals surface area (Å²) in [5, 5.41) is 38.8. The average Bonchev–Trinajstić information content (AvgIpc) is 2.80. The van der Waals surface area contributed by atoms with E-state index in [1.807, 2.05) is 6.92 Å². The van der Waals surface area contributed by atoms with Crippen LogP contribution >= 0.6 is 0 Å². The Labute approximate surface area is 223 Å². The maximum Gasteiger partial charge on any atom is 0.394 e. The molecule has 0 aromatic heterocycles. The molecule has 0 bridgehead atoms. The van der Waals surface area contributed by atoms with E-state index in [0.29, 0.717) is 25.9 Å². The lowest BCUT2D eigenvalue weighted by Crippen LogP contribution is -2.69. The lowest BCUT2D eigenvalue weighted by molar-refractivity contribution is -0.308. The quantitative estimate of drug-likeness (QED) is 0.124. The summed E-state index contributed by atoms with van der Waals surface area (Å²) in [7, 11) is -3.02. The summed E-state index contributed by atoms with van der Waals surface area (Å²) < 4.78 is 55.3. The Kier molecular flexibility index (Phi) is 12.7. The molecule has 16 nitrogen and oxygen atoms in total. The molecule has 3 fully saturated rings. The number of nitrogens with two attached hydrogens (primary N) is 3. The number of likely N-dealkylation sites (N-methyl/N-ethyl adjacent to an activating group) is 2. The number of aliphatic hydroxyl groups is 3. The van der Waals surface area contributed by atoms with Gasteiger partial charge >= 0.3 is 10.4 Å². The number of aliphatic hydroxyl groups excluding tert-OH is 2. The maximum atomic E-state index is 11.3. The summed E-state index contributed by atoms with van der Waals surface area (Å²) in [6.07, 6.45) is -3.97. The molecule has 0 spiro atoms. The van der Waals surface area contributed by atoms with Crippen molar-refractivity contribution < 1.29 is 51.8 Å². The van der Waals surface area contributed by atoms with Crippen LogP contribution in [0.5, 0.6) is 0 Å². The number of hydrogen-bond acceptors (Lipinski definition) is 14. The third-order valence-electron chi connectivity index (χ3n) is 6.97. The molecule has 0 aromatic rings. The minimum atomic E-state index is -4.67. The van der Waals surface area contributed by atoms with Crippen LogP contribution in [-0.4, -0.2) is 132 Å². The fourth-order valence-electron chi connectivity index (χ4n) is 5.11. The second-order valence-corrected chi connectivity index (χ2v) is 11.0. The van der Waals surface area contributed by atoms with Crippen molar-refractivity contribution in [2.45, 2.75) is 106 Å². The van der Waals surface area contributed by atoms with E-state index in [2.05, 4.69) is 10.6 Å². The Morgan fingerprint density at radius 2 is 1.66 bits per heavy atom. The molecule has 11 unspecified atom stereocenters. The molecule has 2 heterocycles. The molecule has 1 saturated carbocycles. The van der Waals surface area contributed by atoms with E-state index in [9.17, 15) is 15.3 Å². The number of ether oxygens (including phenoxy) is 4. The number of hydrogen-bond donors (Lipinski definition) is 10. The van der Waals surface area contributed by atoms with Gasteiger partial charge in [0.25, 0.3) is 0 Å². The first kappa shape index (κ1) is 33.6. The van der Waals surface area contributed by atoms with Crippen molar-refractivity contribution in [2.75, 3.05) is 26.7 Å². The summed E-state index contributed by atoms with van der Waals surface area (Å²) in [6.45, 7) is 4.47. The molecule has 3 rings (SSSR count).